The van der Waals surface area contributed by atoms with E-state index in [0.29, 0.717) is 4.90 Å². The Labute approximate surface area is 160 Å². The fourth-order valence-electron chi connectivity index (χ4n) is 2.35. The van der Waals surface area contributed by atoms with Crippen molar-refractivity contribution in [1.29, 1.82) is 0 Å². The van der Waals surface area contributed by atoms with Crippen molar-refractivity contribution in [3.8, 4) is 5.75 Å². The number of urea groups is 2. The predicted octanol–water partition coefficient (Wildman–Crippen LogP) is 2.86. The Morgan fingerprint density at radius 1 is 1.33 bits per heavy atom. The molecule has 0 spiro atoms. The second-order valence-corrected chi connectivity index (χ2v) is 6.26. The number of amides is 4. The molecule has 8 nitrogen and oxygen atoms in total. The Hall–Kier alpha value is -2.81. The van der Waals surface area contributed by atoms with Crippen molar-refractivity contribution in [2.75, 3.05) is 32.3 Å². The molecule has 10 heteroatoms. The number of hydrogen-bond donors (Lipinski definition) is 0. The minimum Gasteiger partial charge on any atom is -0.477 e. The summed E-state index contributed by atoms with van der Waals surface area (Å²) in [5, 5.41) is -0.127. The fourth-order valence-corrected chi connectivity index (χ4v) is 2.54. The van der Waals surface area contributed by atoms with Gasteiger partial charge < -0.3 is 19.3 Å². The molecular weight excluding hydrogens is 381 g/mol. The molecule has 1 saturated heterocycles. The number of carbonyl (C=O) groups is 3. The van der Waals surface area contributed by atoms with Crippen molar-refractivity contribution >= 4 is 35.3 Å². The number of imide groups is 1. The summed E-state index contributed by atoms with van der Waals surface area (Å²) in [4.78, 5) is 39.7. The Bertz CT molecular complexity index is 768. The molecule has 0 aromatic heterocycles. The number of carbonyl (C=O) groups excluding carboxylic acids is 3. The molecule has 1 heterocycles. The van der Waals surface area contributed by atoms with Crippen molar-refractivity contribution in [2.24, 2.45) is 0 Å². The van der Waals surface area contributed by atoms with Gasteiger partial charge in [0.15, 0.2) is 6.10 Å². The van der Waals surface area contributed by atoms with Crippen LogP contribution in [-0.2, 0) is 9.53 Å². The average Bonchev–Trinajstić information content (AvgIpc) is 2.61. The first-order valence-electron chi connectivity index (χ1n) is 7.91. The van der Waals surface area contributed by atoms with Crippen molar-refractivity contribution < 1.29 is 28.2 Å². The third-order valence-electron chi connectivity index (χ3n) is 3.68. The quantitative estimate of drug-likeness (QED) is 0.543. The first-order chi connectivity index (χ1) is 12.7. The van der Waals surface area contributed by atoms with E-state index in [1.165, 1.54) is 36.9 Å². The van der Waals surface area contributed by atoms with Crippen LogP contribution in [-0.4, -0.2) is 61.3 Å². The highest BCUT2D eigenvalue weighted by Gasteiger charge is 2.37. The van der Waals surface area contributed by atoms with E-state index in [1.807, 2.05) is 0 Å². The van der Waals surface area contributed by atoms with Gasteiger partial charge in [-0.1, -0.05) is 24.3 Å². The molecule has 0 radical (unpaired) electrons. The van der Waals surface area contributed by atoms with Gasteiger partial charge in [-0.25, -0.2) is 23.7 Å². The zero-order chi connectivity index (χ0) is 20.3. The maximum atomic E-state index is 14.5. The van der Waals surface area contributed by atoms with Crippen LogP contribution in [0.1, 0.15) is 6.92 Å². The first-order valence-corrected chi connectivity index (χ1v) is 8.28. The molecule has 146 valence electrons. The number of ether oxygens (including phenoxy) is 2. The summed E-state index contributed by atoms with van der Waals surface area (Å²) >= 11 is 5.98. The second kappa shape index (κ2) is 8.26. The van der Waals surface area contributed by atoms with Gasteiger partial charge in [-0.3, -0.25) is 0 Å². The molecule has 0 N–H and O–H groups in total. The van der Waals surface area contributed by atoms with Gasteiger partial charge in [-0.2, -0.15) is 0 Å². The minimum absolute atomic E-state index is 0.00435. The SMILES string of the molecule is C=CCOC(=O)[C@@H](C)Oc1cc(N2C(=O)N(C)CN(C)C2=O)c(F)cc1Cl. The molecular formula is C17H19ClFN3O5. The number of rotatable bonds is 6. The smallest absolute Gasteiger partial charge is 0.347 e. The van der Waals surface area contributed by atoms with E-state index in [4.69, 9.17) is 21.1 Å². The summed E-state index contributed by atoms with van der Waals surface area (Å²) < 4.78 is 24.7. The highest BCUT2D eigenvalue weighted by Crippen LogP contribution is 2.34. The number of anilines is 1. The van der Waals surface area contributed by atoms with E-state index >= 15 is 0 Å². The van der Waals surface area contributed by atoms with Gasteiger partial charge in [0.2, 0.25) is 0 Å². The van der Waals surface area contributed by atoms with Crippen LogP contribution in [0.15, 0.2) is 24.8 Å². The predicted molar refractivity (Wildman–Crippen MR) is 96.3 cm³/mol. The Morgan fingerprint density at radius 3 is 2.48 bits per heavy atom. The van der Waals surface area contributed by atoms with Gasteiger partial charge in [0.25, 0.3) is 0 Å². The lowest BCUT2D eigenvalue weighted by Crippen LogP contribution is -2.59. The van der Waals surface area contributed by atoms with Gasteiger partial charge in [0.05, 0.1) is 17.4 Å². The van der Waals surface area contributed by atoms with E-state index in [9.17, 15) is 18.8 Å². The molecule has 0 aliphatic carbocycles. The van der Waals surface area contributed by atoms with Crippen molar-refractivity contribution in [3.63, 3.8) is 0 Å². The van der Waals surface area contributed by atoms with Crippen LogP contribution in [0, 0.1) is 5.82 Å². The number of hydrogen-bond acceptors (Lipinski definition) is 5. The minimum atomic E-state index is -1.06. The van der Waals surface area contributed by atoms with Gasteiger partial charge >= 0.3 is 18.0 Å². The summed E-state index contributed by atoms with van der Waals surface area (Å²) in [5.74, 6) is -1.64. The molecule has 1 fully saturated rings. The van der Waals surface area contributed by atoms with Gasteiger partial charge in [-0.15, -0.1) is 0 Å². The standard InChI is InChI=1S/C17H19ClFN3O5/c1-5-6-26-15(23)10(2)27-14-8-13(12(19)7-11(14)18)22-16(24)20(3)9-21(4)17(22)25/h5,7-8,10H,1,6,9H2,2-4H3/t10-/m1/s1. The second-order valence-electron chi connectivity index (χ2n) is 5.85. The van der Waals surface area contributed by atoms with Crippen LogP contribution in [0.3, 0.4) is 0 Å². The van der Waals surface area contributed by atoms with Crippen molar-refractivity contribution in [1.82, 2.24) is 9.80 Å². The Morgan fingerprint density at radius 2 is 1.93 bits per heavy atom. The topological polar surface area (TPSA) is 79.4 Å². The van der Waals surface area contributed by atoms with E-state index in [-0.39, 0.29) is 29.7 Å². The molecule has 4 amide bonds. The van der Waals surface area contributed by atoms with Gasteiger partial charge in [-0.05, 0) is 13.0 Å². The fraction of sp³-hybridized carbons (Fsp3) is 0.353. The zero-order valence-corrected chi connectivity index (χ0v) is 15.8. The largest absolute Gasteiger partial charge is 0.477 e. The van der Waals surface area contributed by atoms with Crippen LogP contribution in [0.2, 0.25) is 5.02 Å². The number of benzene rings is 1. The van der Waals surface area contributed by atoms with Gasteiger partial charge in [0.1, 0.15) is 18.2 Å². The lowest BCUT2D eigenvalue weighted by Gasteiger charge is -2.37. The molecule has 1 aliphatic rings. The molecule has 1 atom stereocenters. The Balaban J connectivity index is 2.35. The van der Waals surface area contributed by atoms with E-state index in [2.05, 4.69) is 6.58 Å². The summed E-state index contributed by atoms with van der Waals surface area (Å²) in [5.41, 5.74) is -0.338. The molecule has 0 bridgehead atoms. The highest BCUT2D eigenvalue weighted by atomic mass is 35.5. The van der Waals surface area contributed by atoms with Crippen LogP contribution in [0.5, 0.6) is 5.75 Å². The molecule has 1 aliphatic heterocycles. The Kier molecular flexibility index (Phi) is 6.27. The third kappa shape index (κ3) is 4.30. The molecule has 0 unspecified atom stereocenters. The first kappa shape index (κ1) is 20.5. The van der Waals surface area contributed by atoms with Crippen molar-refractivity contribution in [2.45, 2.75) is 13.0 Å². The van der Waals surface area contributed by atoms with Crippen LogP contribution in [0.4, 0.5) is 19.7 Å². The summed E-state index contributed by atoms with van der Waals surface area (Å²) in [6, 6.07) is 0.591. The maximum absolute atomic E-state index is 14.5. The average molecular weight is 400 g/mol. The maximum Gasteiger partial charge on any atom is 0.347 e. The molecule has 0 saturated carbocycles. The third-order valence-corrected chi connectivity index (χ3v) is 3.98. The van der Waals surface area contributed by atoms with E-state index in [0.717, 1.165) is 12.1 Å². The van der Waals surface area contributed by atoms with E-state index in [1.54, 1.807) is 0 Å². The molecule has 2 rings (SSSR count). The lowest BCUT2D eigenvalue weighted by atomic mass is 10.2. The zero-order valence-electron chi connectivity index (χ0n) is 15.1. The summed E-state index contributed by atoms with van der Waals surface area (Å²) in [6.07, 6.45) is 0.340. The van der Waals surface area contributed by atoms with Gasteiger partial charge in [0, 0.05) is 20.2 Å². The summed E-state index contributed by atoms with van der Waals surface area (Å²) in [6.45, 7) is 4.92. The number of esters is 1. The normalized spacial score (nSPS) is 15.7. The van der Waals surface area contributed by atoms with Crippen LogP contribution >= 0.6 is 11.6 Å². The molecule has 1 aromatic rings. The highest BCUT2D eigenvalue weighted by molar-refractivity contribution is 6.32. The molecule has 27 heavy (non-hydrogen) atoms. The van der Waals surface area contributed by atoms with Crippen molar-refractivity contribution in [3.05, 3.63) is 35.6 Å². The monoisotopic (exact) mass is 399 g/mol. The lowest BCUT2D eigenvalue weighted by molar-refractivity contribution is -0.149. The van der Waals surface area contributed by atoms with E-state index < -0.39 is 30.0 Å². The summed E-state index contributed by atoms with van der Waals surface area (Å²) in [7, 11) is 2.95. The number of halogens is 2. The number of nitrogens with zero attached hydrogens (tertiary/aromatic N) is 3. The molecule has 1 aromatic carbocycles. The van der Waals surface area contributed by atoms with Crippen LogP contribution in [0.25, 0.3) is 0 Å². The van der Waals surface area contributed by atoms with Crippen LogP contribution < -0.4 is 9.64 Å².